The average molecular weight is 459 g/mol. The third-order valence-corrected chi connectivity index (χ3v) is 7.87. The lowest BCUT2D eigenvalue weighted by atomic mass is 9.83. The molecular weight excluding hydrogens is 428 g/mol. The van der Waals surface area contributed by atoms with Gasteiger partial charge in [0.15, 0.2) is 0 Å². The van der Waals surface area contributed by atoms with Crippen molar-refractivity contribution in [2.45, 2.75) is 58.8 Å². The van der Waals surface area contributed by atoms with E-state index in [0.29, 0.717) is 5.92 Å². The summed E-state index contributed by atoms with van der Waals surface area (Å²) in [5, 5.41) is 0. The summed E-state index contributed by atoms with van der Waals surface area (Å²) in [7, 11) is 0. The van der Waals surface area contributed by atoms with Crippen molar-refractivity contribution in [3.63, 3.8) is 0 Å². The minimum Gasteiger partial charge on any atom is -0.345 e. The molecule has 0 amide bonds. The lowest BCUT2D eigenvalue weighted by molar-refractivity contribution is 0.798. The maximum Gasteiger partial charge on any atom is 0.109 e. The fraction of sp³-hybridized carbons (Fsp3) is 0.290. The summed E-state index contributed by atoms with van der Waals surface area (Å²) in [5.41, 5.74) is 15.6. The zero-order valence-corrected chi connectivity index (χ0v) is 20.6. The van der Waals surface area contributed by atoms with Crippen molar-refractivity contribution in [3.8, 4) is 33.5 Å². The Balaban J connectivity index is 1.27. The highest BCUT2D eigenvalue weighted by molar-refractivity contribution is 5.90. The predicted octanol–water partition coefficient (Wildman–Crippen LogP) is 7.17. The number of rotatable bonds is 3. The van der Waals surface area contributed by atoms with Crippen LogP contribution in [-0.4, -0.2) is 19.9 Å². The second-order valence-electron chi connectivity index (χ2n) is 10.4. The average Bonchev–Trinajstić information content (AvgIpc) is 3.52. The number of aryl methyl sites for hydroxylation is 5. The molecule has 2 aromatic heterocycles. The van der Waals surface area contributed by atoms with E-state index >= 15 is 0 Å². The van der Waals surface area contributed by atoms with E-state index in [1.807, 2.05) is 0 Å². The highest BCUT2D eigenvalue weighted by Crippen LogP contribution is 2.40. The molecule has 4 nitrogen and oxygen atoms in total. The Kier molecular flexibility index (Phi) is 4.54. The largest absolute Gasteiger partial charge is 0.345 e. The number of hydrogen-bond acceptors (Lipinski definition) is 2. The van der Waals surface area contributed by atoms with Crippen LogP contribution >= 0.6 is 0 Å². The Morgan fingerprint density at radius 3 is 2.26 bits per heavy atom. The number of benzene rings is 3. The van der Waals surface area contributed by atoms with Gasteiger partial charge in [-0.2, -0.15) is 0 Å². The number of hydrogen-bond donors (Lipinski definition) is 2. The fourth-order valence-electron chi connectivity index (χ4n) is 5.94. The predicted molar refractivity (Wildman–Crippen MR) is 143 cm³/mol. The van der Waals surface area contributed by atoms with Gasteiger partial charge in [0.05, 0.1) is 16.7 Å². The van der Waals surface area contributed by atoms with Crippen molar-refractivity contribution >= 4 is 11.0 Å². The molecule has 2 N–H and O–H groups in total. The fourth-order valence-corrected chi connectivity index (χ4v) is 5.94. The molecule has 2 aliphatic carbocycles. The van der Waals surface area contributed by atoms with E-state index in [1.54, 1.807) is 0 Å². The van der Waals surface area contributed by atoms with Crippen LogP contribution in [0.2, 0.25) is 0 Å². The molecule has 0 fully saturated rings. The summed E-state index contributed by atoms with van der Waals surface area (Å²) >= 11 is 0. The van der Waals surface area contributed by atoms with Crippen LogP contribution in [0.1, 0.15) is 60.7 Å². The van der Waals surface area contributed by atoms with Crippen LogP contribution in [-0.2, 0) is 32.1 Å². The Bertz CT molecular complexity index is 1620. The summed E-state index contributed by atoms with van der Waals surface area (Å²) < 4.78 is 0. The summed E-state index contributed by atoms with van der Waals surface area (Å²) in [6.07, 6.45) is 5.15. The molecule has 3 aromatic carbocycles. The first-order valence-electron chi connectivity index (χ1n) is 12.9. The van der Waals surface area contributed by atoms with Gasteiger partial charge < -0.3 is 9.97 Å². The molecule has 0 bridgehead atoms. The number of aromatic nitrogens is 4. The van der Waals surface area contributed by atoms with Gasteiger partial charge in [-0.05, 0) is 70.7 Å². The van der Waals surface area contributed by atoms with Crippen LogP contribution in [0.4, 0.5) is 0 Å². The molecule has 5 aromatic rings. The molecule has 0 unspecified atom stereocenters. The Morgan fingerprint density at radius 1 is 0.771 bits per heavy atom. The topological polar surface area (TPSA) is 57.4 Å². The standard InChI is InChI=1S/C31H30N4/c1-4-28-32-26-13-8-21-16-19(6-10-23(21)29(26)34-28)18-5-9-22-20(15-18)7-11-25-24(22)12-14-27-30(25)35-31(33-27)17(2)3/h5-6,9-10,12,14-17H,4,7-8,11,13H2,1-3H3,(H,32,34)(H,33,35). The third kappa shape index (κ3) is 3.19. The molecule has 2 heterocycles. The third-order valence-electron chi connectivity index (χ3n) is 7.87. The van der Waals surface area contributed by atoms with Crippen molar-refractivity contribution in [2.24, 2.45) is 0 Å². The number of nitrogens with zero attached hydrogens (tertiary/aromatic N) is 2. The Hall–Kier alpha value is -3.66. The molecular formula is C31H30N4. The highest BCUT2D eigenvalue weighted by Gasteiger charge is 2.23. The van der Waals surface area contributed by atoms with E-state index in [-0.39, 0.29) is 0 Å². The van der Waals surface area contributed by atoms with Crippen LogP contribution < -0.4 is 0 Å². The van der Waals surface area contributed by atoms with E-state index in [0.717, 1.165) is 60.5 Å². The van der Waals surface area contributed by atoms with Crippen molar-refractivity contribution in [1.29, 1.82) is 0 Å². The number of aromatic amines is 2. The maximum absolute atomic E-state index is 4.96. The molecule has 0 atom stereocenters. The summed E-state index contributed by atoms with van der Waals surface area (Å²) in [4.78, 5) is 16.9. The lowest BCUT2D eigenvalue weighted by Crippen LogP contribution is -2.05. The van der Waals surface area contributed by atoms with Crippen molar-refractivity contribution in [2.75, 3.05) is 0 Å². The molecule has 0 aliphatic heterocycles. The monoisotopic (exact) mass is 458 g/mol. The first-order valence-corrected chi connectivity index (χ1v) is 12.9. The number of fused-ring (bicyclic) bond motifs is 8. The van der Waals surface area contributed by atoms with E-state index in [1.165, 1.54) is 50.2 Å². The van der Waals surface area contributed by atoms with Crippen LogP contribution in [0.3, 0.4) is 0 Å². The molecule has 174 valence electrons. The van der Waals surface area contributed by atoms with Crippen molar-refractivity contribution < 1.29 is 0 Å². The number of nitrogens with one attached hydrogen (secondary N) is 2. The summed E-state index contributed by atoms with van der Waals surface area (Å²) in [5.74, 6) is 2.57. The van der Waals surface area contributed by atoms with Crippen molar-refractivity contribution in [3.05, 3.63) is 82.6 Å². The number of H-pyrrole nitrogens is 2. The highest BCUT2D eigenvalue weighted by atomic mass is 14.9. The van der Waals surface area contributed by atoms with Gasteiger partial charge >= 0.3 is 0 Å². The molecule has 0 spiro atoms. The zero-order valence-electron chi connectivity index (χ0n) is 20.6. The van der Waals surface area contributed by atoms with Gasteiger partial charge in [-0.25, -0.2) is 9.97 Å². The normalized spacial score (nSPS) is 14.1. The van der Waals surface area contributed by atoms with Gasteiger partial charge in [0.2, 0.25) is 0 Å². The summed E-state index contributed by atoms with van der Waals surface area (Å²) in [6.45, 7) is 6.54. The van der Waals surface area contributed by atoms with Gasteiger partial charge in [0.1, 0.15) is 11.6 Å². The molecule has 0 saturated heterocycles. The van der Waals surface area contributed by atoms with Gasteiger partial charge in [0, 0.05) is 23.6 Å². The molecule has 0 saturated carbocycles. The smallest absolute Gasteiger partial charge is 0.109 e. The molecule has 0 radical (unpaired) electrons. The van der Waals surface area contributed by atoms with Gasteiger partial charge in [-0.15, -0.1) is 0 Å². The molecule has 7 rings (SSSR count). The summed E-state index contributed by atoms with van der Waals surface area (Å²) in [6, 6.07) is 18.4. The Labute approximate surface area is 205 Å². The minimum absolute atomic E-state index is 0.404. The maximum atomic E-state index is 4.96. The quantitative estimate of drug-likeness (QED) is 0.301. The van der Waals surface area contributed by atoms with E-state index in [4.69, 9.17) is 9.97 Å². The molecule has 2 aliphatic rings. The van der Waals surface area contributed by atoms with Crippen LogP contribution in [0.25, 0.3) is 44.5 Å². The van der Waals surface area contributed by atoms with Gasteiger partial charge in [0.25, 0.3) is 0 Å². The van der Waals surface area contributed by atoms with E-state index < -0.39 is 0 Å². The second-order valence-corrected chi connectivity index (χ2v) is 10.4. The second kappa shape index (κ2) is 7.67. The van der Waals surface area contributed by atoms with E-state index in [9.17, 15) is 0 Å². The molecule has 35 heavy (non-hydrogen) atoms. The SMILES string of the molecule is CCc1nc2c([nH]1)CCc1cc(-c3ccc4c(c3)CCc3c-4ccc4[nH]c(C(C)C)nc34)ccc1-2. The zero-order chi connectivity index (χ0) is 23.7. The minimum atomic E-state index is 0.404. The Morgan fingerprint density at radius 2 is 1.49 bits per heavy atom. The van der Waals surface area contributed by atoms with Crippen molar-refractivity contribution in [1.82, 2.24) is 19.9 Å². The van der Waals surface area contributed by atoms with Crippen LogP contribution in [0.15, 0.2) is 48.5 Å². The van der Waals surface area contributed by atoms with Gasteiger partial charge in [-0.3, -0.25) is 0 Å². The van der Waals surface area contributed by atoms with Crippen LogP contribution in [0, 0.1) is 0 Å². The first-order chi connectivity index (χ1) is 17.1. The van der Waals surface area contributed by atoms with E-state index in [2.05, 4.69) is 79.3 Å². The number of imidazole rings is 2. The molecule has 4 heteroatoms. The first kappa shape index (κ1) is 20.7. The van der Waals surface area contributed by atoms with Gasteiger partial charge in [-0.1, -0.05) is 63.2 Å². The lowest BCUT2D eigenvalue weighted by Gasteiger charge is -2.21. The van der Waals surface area contributed by atoms with Crippen LogP contribution in [0.5, 0.6) is 0 Å².